The Balaban J connectivity index is 1.61. The van der Waals surface area contributed by atoms with Crippen LogP contribution < -0.4 is 5.32 Å². The zero-order valence-corrected chi connectivity index (χ0v) is 14.0. The summed E-state index contributed by atoms with van der Waals surface area (Å²) in [7, 11) is 2.01. The SMILES string of the molecule is Cn1ccnc1C(Nc1ncccc1C(=O)N1CCCC1)C1CC1. The van der Waals surface area contributed by atoms with E-state index in [4.69, 9.17) is 0 Å². The van der Waals surface area contributed by atoms with Crippen LogP contribution in [0, 0.1) is 5.92 Å². The number of rotatable bonds is 5. The topological polar surface area (TPSA) is 63.1 Å². The third-order valence-corrected chi connectivity index (χ3v) is 4.95. The number of carbonyl (C=O) groups is 1. The number of nitrogens with zero attached hydrogens (tertiary/aromatic N) is 4. The molecule has 1 atom stereocenters. The maximum Gasteiger partial charge on any atom is 0.257 e. The molecule has 2 aliphatic rings. The number of aromatic nitrogens is 3. The van der Waals surface area contributed by atoms with Crippen LogP contribution in [0.5, 0.6) is 0 Å². The van der Waals surface area contributed by atoms with Gasteiger partial charge in [0.1, 0.15) is 11.6 Å². The molecule has 2 aromatic rings. The molecular weight excluding hydrogens is 302 g/mol. The summed E-state index contributed by atoms with van der Waals surface area (Å²) in [4.78, 5) is 23.7. The van der Waals surface area contributed by atoms with Gasteiger partial charge in [0.05, 0.1) is 11.6 Å². The van der Waals surface area contributed by atoms with Gasteiger partial charge < -0.3 is 14.8 Å². The second-order valence-electron chi connectivity index (χ2n) is 6.75. The quantitative estimate of drug-likeness (QED) is 0.918. The van der Waals surface area contributed by atoms with Gasteiger partial charge in [0.2, 0.25) is 0 Å². The molecule has 2 fully saturated rings. The first kappa shape index (κ1) is 15.2. The first-order valence-corrected chi connectivity index (χ1v) is 8.72. The maximum absolute atomic E-state index is 12.8. The van der Waals surface area contributed by atoms with Crippen molar-refractivity contribution in [3.8, 4) is 0 Å². The van der Waals surface area contributed by atoms with Crippen LogP contribution in [0.15, 0.2) is 30.7 Å². The van der Waals surface area contributed by atoms with Crippen molar-refractivity contribution in [3.05, 3.63) is 42.1 Å². The Hall–Kier alpha value is -2.37. The number of carbonyl (C=O) groups excluding carboxylic acids is 1. The van der Waals surface area contributed by atoms with E-state index in [1.54, 1.807) is 6.20 Å². The molecule has 24 heavy (non-hydrogen) atoms. The Labute approximate surface area is 141 Å². The number of likely N-dealkylation sites (tertiary alicyclic amines) is 1. The smallest absolute Gasteiger partial charge is 0.257 e. The van der Waals surface area contributed by atoms with Gasteiger partial charge in [-0.05, 0) is 43.7 Å². The van der Waals surface area contributed by atoms with Crippen molar-refractivity contribution in [2.45, 2.75) is 31.7 Å². The predicted octanol–water partition coefficient (Wildman–Crippen LogP) is 2.61. The summed E-state index contributed by atoms with van der Waals surface area (Å²) in [6.45, 7) is 1.69. The number of nitrogens with one attached hydrogen (secondary N) is 1. The lowest BCUT2D eigenvalue weighted by Crippen LogP contribution is -2.29. The monoisotopic (exact) mass is 325 g/mol. The minimum atomic E-state index is 0.0810. The highest BCUT2D eigenvalue weighted by Crippen LogP contribution is 2.42. The number of anilines is 1. The molecule has 3 heterocycles. The normalized spacial score (nSPS) is 18.6. The summed E-state index contributed by atoms with van der Waals surface area (Å²) < 4.78 is 2.04. The Morgan fingerprint density at radius 2 is 2.04 bits per heavy atom. The van der Waals surface area contributed by atoms with E-state index in [1.807, 2.05) is 41.0 Å². The van der Waals surface area contributed by atoms with Crippen LogP contribution >= 0.6 is 0 Å². The highest BCUT2D eigenvalue weighted by atomic mass is 16.2. The third kappa shape index (κ3) is 2.88. The molecule has 6 nitrogen and oxygen atoms in total. The van der Waals surface area contributed by atoms with Crippen LogP contribution in [0.2, 0.25) is 0 Å². The largest absolute Gasteiger partial charge is 0.359 e. The van der Waals surface area contributed by atoms with E-state index in [9.17, 15) is 4.79 Å². The van der Waals surface area contributed by atoms with Crippen molar-refractivity contribution in [1.82, 2.24) is 19.4 Å². The molecule has 126 valence electrons. The van der Waals surface area contributed by atoms with Gasteiger partial charge in [0.25, 0.3) is 5.91 Å². The lowest BCUT2D eigenvalue weighted by atomic mass is 10.1. The van der Waals surface area contributed by atoms with Gasteiger partial charge in [0, 0.05) is 38.7 Å². The molecule has 1 saturated carbocycles. The highest BCUT2D eigenvalue weighted by molar-refractivity contribution is 5.98. The first-order chi connectivity index (χ1) is 11.7. The van der Waals surface area contributed by atoms with Crippen molar-refractivity contribution in [1.29, 1.82) is 0 Å². The summed E-state index contributed by atoms with van der Waals surface area (Å²) in [6, 6.07) is 3.81. The molecule has 0 aromatic carbocycles. The molecule has 1 saturated heterocycles. The lowest BCUT2D eigenvalue weighted by molar-refractivity contribution is 0.0793. The van der Waals surface area contributed by atoms with Crippen molar-refractivity contribution in [3.63, 3.8) is 0 Å². The van der Waals surface area contributed by atoms with E-state index in [1.165, 1.54) is 12.8 Å². The van der Waals surface area contributed by atoms with Crippen molar-refractivity contribution in [2.24, 2.45) is 13.0 Å². The molecule has 1 aliphatic carbocycles. The summed E-state index contributed by atoms with van der Waals surface area (Å²) >= 11 is 0. The molecule has 1 unspecified atom stereocenters. The van der Waals surface area contributed by atoms with E-state index in [0.717, 1.165) is 31.8 Å². The Morgan fingerprint density at radius 3 is 2.71 bits per heavy atom. The van der Waals surface area contributed by atoms with E-state index < -0.39 is 0 Å². The zero-order valence-electron chi connectivity index (χ0n) is 14.0. The van der Waals surface area contributed by atoms with Crippen LogP contribution in [0.1, 0.15) is 47.9 Å². The minimum absolute atomic E-state index is 0.0810. The molecule has 0 spiro atoms. The van der Waals surface area contributed by atoms with Gasteiger partial charge in [-0.15, -0.1) is 0 Å². The van der Waals surface area contributed by atoms with Crippen LogP contribution in [-0.4, -0.2) is 38.4 Å². The molecule has 0 radical (unpaired) electrons. The van der Waals surface area contributed by atoms with Gasteiger partial charge in [-0.25, -0.2) is 9.97 Å². The molecule has 4 rings (SSSR count). The van der Waals surface area contributed by atoms with E-state index >= 15 is 0 Å². The van der Waals surface area contributed by atoms with E-state index in [2.05, 4.69) is 15.3 Å². The summed E-state index contributed by atoms with van der Waals surface area (Å²) in [5, 5.41) is 3.52. The molecular formula is C18H23N5O. The number of imidazole rings is 1. The number of amides is 1. The van der Waals surface area contributed by atoms with Crippen LogP contribution in [0.3, 0.4) is 0 Å². The zero-order chi connectivity index (χ0) is 16.5. The highest BCUT2D eigenvalue weighted by Gasteiger charge is 2.35. The van der Waals surface area contributed by atoms with Crippen LogP contribution in [-0.2, 0) is 7.05 Å². The molecule has 6 heteroatoms. The predicted molar refractivity (Wildman–Crippen MR) is 91.7 cm³/mol. The number of hydrogen-bond acceptors (Lipinski definition) is 4. The summed E-state index contributed by atoms with van der Waals surface area (Å²) in [5.74, 6) is 2.32. The van der Waals surface area contributed by atoms with Crippen LogP contribution in [0.25, 0.3) is 0 Å². The fraction of sp³-hybridized carbons (Fsp3) is 0.500. The molecule has 1 amide bonds. The second kappa shape index (κ2) is 6.26. The number of aryl methyl sites for hydroxylation is 1. The lowest BCUT2D eigenvalue weighted by Gasteiger charge is -2.22. The van der Waals surface area contributed by atoms with Gasteiger partial charge in [-0.3, -0.25) is 4.79 Å². The molecule has 1 aliphatic heterocycles. The second-order valence-corrected chi connectivity index (χ2v) is 6.75. The Kier molecular flexibility index (Phi) is 3.96. The Bertz CT molecular complexity index is 731. The minimum Gasteiger partial charge on any atom is -0.359 e. The van der Waals surface area contributed by atoms with Crippen molar-refractivity contribution < 1.29 is 4.79 Å². The first-order valence-electron chi connectivity index (χ1n) is 8.72. The molecule has 2 aromatic heterocycles. The fourth-order valence-electron chi connectivity index (χ4n) is 3.43. The van der Waals surface area contributed by atoms with E-state index in [0.29, 0.717) is 17.3 Å². The summed E-state index contributed by atoms with van der Waals surface area (Å²) in [5.41, 5.74) is 0.666. The van der Waals surface area contributed by atoms with E-state index in [-0.39, 0.29) is 11.9 Å². The van der Waals surface area contributed by atoms with Gasteiger partial charge in [0.15, 0.2) is 0 Å². The van der Waals surface area contributed by atoms with Crippen LogP contribution in [0.4, 0.5) is 5.82 Å². The average molecular weight is 325 g/mol. The van der Waals surface area contributed by atoms with Gasteiger partial charge in [-0.2, -0.15) is 0 Å². The average Bonchev–Trinajstić information content (AvgIpc) is 3.11. The van der Waals surface area contributed by atoms with Gasteiger partial charge in [-0.1, -0.05) is 0 Å². The maximum atomic E-state index is 12.8. The molecule has 1 N–H and O–H groups in total. The fourth-order valence-corrected chi connectivity index (χ4v) is 3.43. The van der Waals surface area contributed by atoms with Gasteiger partial charge >= 0.3 is 0 Å². The van der Waals surface area contributed by atoms with Crippen molar-refractivity contribution in [2.75, 3.05) is 18.4 Å². The number of pyridine rings is 1. The Morgan fingerprint density at radius 1 is 1.25 bits per heavy atom. The third-order valence-electron chi connectivity index (χ3n) is 4.95. The summed E-state index contributed by atoms with van der Waals surface area (Å²) in [6.07, 6.45) is 10.1. The standard InChI is InChI=1S/C18H23N5O/c1-22-12-9-20-17(22)15(13-6-7-13)21-16-14(5-4-8-19-16)18(24)23-10-2-3-11-23/h4-5,8-9,12-13,15H,2-3,6-7,10-11H2,1H3,(H,19,21). The molecule has 0 bridgehead atoms. The van der Waals surface area contributed by atoms with Crippen molar-refractivity contribution >= 4 is 11.7 Å². The number of hydrogen-bond donors (Lipinski definition) is 1.